The summed E-state index contributed by atoms with van der Waals surface area (Å²) in [6, 6.07) is 15.6. The summed E-state index contributed by atoms with van der Waals surface area (Å²) in [6.45, 7) is 0.825. The van der Waals surface area contributed by atoms with Crippen LogP contribution in [-0.4, -0.2) is 77.9 Å². The van der Waals surface area contributed by atoms with Gasteiger partial charge in [0.2, 0.25) is 0 Å². The highest BCUT2D eigenvalue weighted by Crippen LogP contribution is 2.24. The van der Waals surface area contributed by atoms with Gasteiger partial charge in [-0.15, -0.1) is 0 Å². The molecule has 42 heavy (non-hydrogen) atoms. The lowest BCUT2D eigenvalue weighted by atomic mass is 9.98. The first-order valence-corrected chi connectivity index (χ1v) is 13.8. The Morgan fingerprint density at radius 1 is 0.976 bits per heavy atom. The molecule has 1 saturated heterocycles. The Morgan fingerprint density at radius 2 is 1.71 bits per heavy atom. The fourth-order valence-electron chi connectivity index (χ4n) is 4.89. The van der Waals surface area contributed by atoms with Crippen LogP contribution in [0.1, 0.15) is 27.1 Å². The minimum atomic E-state index is -0.606. The number of halogens is 1. The number of nitrogens with zero attached hydrogens (tertiary/aromatic N) is 2. The second-order valence-corrected chi connectivity index (χ2v) is 10.3. The third kappa shape index (κ3) is 6.48. The summed E-state index contributed by atoms with van der Waals surface area (Å²) < 4.78 is 11.7. The van der Waals surface area contributed by atoms with Gasteiger partial charge in [-0.1, -0.05) is 23.7 Å². The molecular weight excluding hydrogens is 562 g/mol. The van der Waals surface area contributed by atoms with Crippen LogP contribution in [0.2, 0.25) is 5.02 Å². The fraction of sp³-hybridized carbons (Fsp3) is 0.267. The predicted octanol–water partition coefficient (Wildman–Crippen LogP) is 3.36. The molecule has 3 amide bonds. The highest BCUT2D eigenvalue weighted by Gasteiger charge is 2.34. The second-order valence-electron chi connectivity index (χ2n) is 9.85. The molecular formula is C30H30ClN5O6. The Hall–Kier alpha value is -4.61. The van der Waals surface area contributed by atoms with Crippen molar-refractivity contribution in [1.82, 2.24) is 25.1 Å². The average Bonchev–Trinajstić information content (AvgIpc) is 3.38. The lowest BCUT2D eigenvalue weighted by Crippen LogP contribution is -2.61. The molecule has 11 nitrogen and oxygen atoms in total. The largest absolute Gasteiger partial charge is 0.447 e. The molecule has 1 fully saturated rings. The molecule has 0 bridgehead atoms. The summed E-state index contributed by atoms with van der Waals surface area (Å²) in [5.74, 6) is -0.705. The first-order chi connectivity index (χ1) is 20.3. The van der Waals surface area contributed by atoms with Crippen molar-refractivity contribution in [2.45, 2.75) is 18.5 Å². The molecule has 0 aliphatic carbocycles. The number of carbonyl (C=O) groups excluding carboxylic acids is 3. The first-order valence-electron chi connectivity index (χ1n) is 13.4. The smallest absolute Gasteiger partial charge is 0.409 e. The number of ether oxygens (including phenoxy) is 2. The topological polar surface area (TPSA) is 135 Å². The number of rotatable bonds is 8. The third-order valence-corrected chi connectivity index (χ3v) is 7.45. The van der Waals surface area contributed by atoms with E-state index >= 15 is 0 Å². The van der Waals surface area contributed by atoms with Crippen LogP contribution in [0.4, 0.5) is 4.79 Å². The Bertz CT molecular complexity index is 1650. The number of aromatic nitrogens is 2. The standard InChI is InChI=1S/C30H30ClN5O6/c1-41-14-15-42-30(40)35-13-11-24(33-29(39)20-7-10-22-23(31)17-32-25(22)16-20)26(18-35)34-28(38)19-5-8-21(9-6-19)36-12-3-2-4-27(36)37/h2-10,12,16-17,24,26,32H,11,13-15,18H2,1H3,(H,33,39)(H,34,38)/t24-,26+/m1/s1. The molecule has 1 aliphatic heterocycles. The predicted molar refractivity (Wildman–Crippen MR) is 157 cm³/mol. The van der Waals surface area contributed by atoms with E-state index < -0.39 is 18.2 Å². The van der Waals surface area contributed by atoms with Crippen molar-refractivity contribution < 1.29 is 23.9 Å². The van der Waals surface area contributed by atoms with Crippen molar-refractivity contribution >= 4 is 40.4 Å². The van der Waals surface area contributed by atoms with Gasteiger partial charge in [-0.25, -0.2) is 4.79 Å². The normalized spacial score (nSPS) is 16.7. The van der Waals surface area contributed by atoms with Gasteiger partial charge in [-0.2, -0.15) is 0 Å². The van der Waals surface area contributed by atoms with E-state index in [-0.39, 0.29) is 37.1 Å². The van der Waals surface area contributed by atoms with E-state index in [9.17, 15) is 19.2 Å². The number of benzene rings is 2. The number of aromatic amines is 1. The molecule has 12 heteroatoms. The second kappa shape index (κ2) is 12.9. The summed E-state index contributed by atoms with van der Waals surface area (Å²) in [5, 5.41) is 7.37. The number of methoxy groups -OCH3 is 1. The van der Waals surface area contributed by atoms with Gasteiger partial charge in [-0.05, 0) is 48.9 Å². The van der Waals surface area contributed by atoms with E-state index in [2.05, 4.69) is 15.6 Å². The monoisotopic (exact) mass is 591 g/mol. The van der Waals surface area contributed by atoms with E-state index in [4.69, 9.17) is 21.1 Å². The highest BCUT2D eigenvalue weighted by molar-refractivity contribution is 6.35. The molecule has 3 heterocycles. The van der Waals surface area contributed by atoms with Crippen molar-refractivity contribution in [1.29, 1.82) is 0 Å². The van der Waals surface area contributed by atoms with E-state index in [0.29, 0.717) is 34.8 Å². The summed E-state index contributed by atoms with van der Waals surface area (Å²) >= 11 is 6.17. The van der Waals surface area contributed by atoms with Gasteiger partial charge < -0.3 is 30.0 Å². The number of hydrogen-bond acceptors (Lipinski definition) is 6. The Morgan fingerprint density at radius 3 is 2.48 bits per heavy atom. The zero-order valence-corrected chi connectivity index (χ0v) is 23.6. The molecule has 218 valence electrons. The molecule has 0 saturated carbocycles. The van der Waals surface area contributed by atoms with Gasteiger partial charge in [-0.3, -0.25) is 19.0 Å². The first kappa shape index (κ1) is 28.9. The molecule has 4 aromatic rings. The maximum absolute atomic E-state index is 13.3. The Labute approximate surface area is 246 Å². The molecule has 3 N–H and O–H groups in total. The highest BCUT2D eigenvalue weighted by atomic mass is 35.5. The number of likely N-dealkylation sites (tertiary alicyclic amines) is 1. The lowest BCUT2D eigenvalue weighted by Gasteiger charge is -2.38. The average molecular weight is 592 g/mol. The molecule has 0 radical (unpaired) electrons. The van der Waals surface area contributed by atoms with Gasteiger partial charge in [0.1, 0.15) is 6.61 Å². The van der Waals surface area contributed by atoms with Crippen LogP contribution in [0.15, 0.2) is 77.9 Å². The molecule has 0 unspecified atom stereocenters. The van der Waals surface area contributed by atoms with Crippen LogP contribution >= 0.6 is 11.6 Å². The lowest BCUT2D eigenvalue weighted by molar-refractivity contribution is 0.0564. The molecule has 2 aromatic carbocycles. The van der Waals surface area contributed by atoms with Crippen molar-refractivity contribution in [2.24, 2.45) is 0 Å². The number of fused-ring (bicyclic) bond motifs is 1. The summed E-state index contributed by atoms with van der Waals surface area (Å²) in [5.41, 5.74) is 1.95. The number of pyridine rings is 1. The molecule has 2 aromatic heterocycles. The Balaban J connectivity index is 1.32. The molecule has 2 atom stereocenters. The Kier molecular flexibility index (Phi) is 8.89. The summed E-state index contributed by atoms with van der Waals surface area (Å²) in [7, 11) is 1.51. The van der Waals surface area contributed by atoms with E-state index in [1.807, 2.05) is 0 Å². The van der Waals surface area contributed by atoms with E-state index in [1.165, 1.54) is 22.6 Å². The van der Waals surface area contributed by atoms with Crippen molar-refractivity contribution in [2.75, 3.05) is 33.4 Å². The van der Waals surface area contributed by atoms with Crippen LogP contribution in [0, 0.1) is 0 Å². The summed E-state index contributed by atoms with van der Waals surface area (Å²) in [6.07, 6.45) is 3.17. The molecule has 1 aliphatic rings. The van der Waals surface area contributed by atoms with Crippen molar-refractivity contribution in [3.8, 4) is 5.69 Å². The van der Waals surface area contributed by atoms with Crippen molar-refractivity contribution in [3.63, 3.8) is 0 Å². The van der Waals surface area contributed by atoms with Gasteiger partial charge >= 0.3 is 6.09 Å². The van der Waals surface area contributed by atoms with Gasteiger partial charge in [0.05, 0.1) is 23.7 Å². The maximum atomic E-state index is 13.3. The van der Waals surface area contributed by atoms with Gasteiger partial charge in [0.15, 0.2) is 0 Å². The maximum Gasteiger partial charge on any atom is 0.409 e. The van der Waals surface area contributed by atoms with Crippen LogP contribution < -0.4 is 16.2 Å². The number of piperidine rings is 1. The third-order valence-electron chi connectivity index (χ3n) is 7.14. The molecule has 5 rings (SSSR count). The van der Waals surface area contributed by atoms with Gasteiger partial charge in [0.25, 0.3) is 17.4 Å². The number of nitrogens with one attached hydrogen (secondary N) is 3. The summed E-state index contributed by atoms with van der Waals surface area (Å²) in [4.78, 5) is 55.9. The van der Waals surface area contributed by atoms with Crippen LogP contribution in [0.3, 0.4) is 0 Å². The zero-order valence-electron chi connectivity index (χ0n) is 22.8. The number of H-pyrrole nitrogens is 1. The van der Waals surface area contributed by atoms with Crippen LogP contribution in [0.5, 0.6) is 0 Å². The van der Waals surface area contributed by atoms with Crippen molar-refractivity contribution in [3.05, 3.63) is 99.6 Å². The minimum Gasteiger partial charge on any atom is -0.447 e. The van der Waals surface area contributed by atoms with Crippen LogP contribution in [-0.2, 0) is 9.47 Å². The van der Waals surface area contributed by atoms with Crippen LogP contribution in [0.25, 0.3) is 16.6 Å². The number of carbonyl (C=O) groups is 3. The molecule has 0 spiro atoms. The van der Waals surface area contributed by atoms with E-state index in [1.54, 1.807) is 67.0 Å². The van der Waals surface area contributed by atoms with Gasteiger partial charge in [0, 0.05) is 66.4 Å². The SMILES string of the molecule is COCCOC(=O)N1CC[C@@H](NC(=O)c2ccc3c(Cl)c[nH]c3c2)[C@@H](NC(=O)c2ccc(-n3ccccc3=O)cc2)C1. The zero-order chi connectivity index (χ0) is 29.6. The minimum absolute atomic E-state index is 0.102. The number of hydrogen-bond donors (Lipinski definition) is 3. The fourth-order valence-corrected chi connectivity index (χ4v) is 5.11. The quantitative estimate of drug-likeness (QED) is 0.269. The number of amides is 3. The van der Waals surface area contributed by atoms with E-state index in [0.717, 1.165) is 10.9 Å².